The second-order valence-electron chi connectivity index (χ2n) is 14.0. The van der Waals surface area contributed by atoms with Gasteiger partial charge in [0, 0.05) is 39.5 Å². The van der Waals surface area contributed by atoms with Gasteiger partial charge in [-0.2, -0.15) is 0 Å². The fourth-order valence-corrected chi connectivity index (χ4v) is 7.76. The Balaban J connectivity index is 1.32. The maximum Gasteiger partial charge on any atom is 0.0465 e. The summed E-state index contributed by atoms with van der Waals surface area (Å²) in [5.74, 6) is 0. The Morgan fingerprint density at radius 1 is 0.380 bits per heavy atom. The lowest BCUT2D eigenvalue weighted by Gasteiger charge is -2.32. The average Bonchev–Trinajstić information content (AvgIpc) is 3.37. The SMILES string of the molecule is Cc1ccc(CC2(C)c3cc(N(c4ccccc4)c4cccc(C)c4)ccc3-c3ccc(N(c4ccccc4)c4cccc(C)c4)cc32)cc1. The van der Waals surface area contributed by atoms with Crippen molar-refractivity contribution < 1.29 is 0 Å². The van der Waals surface area contributed by atoms with Gasteiger partial charge < -0.3 is 9.80 Å². The molecule has 0 atom stereocenters. The Kier molecular flexibility index (Phi) is 8.09. The Labute approximate surface area is 296 Å². The van der Waals surface area contributed by atoms with Crippen molar-refractivity contribution in [3.8, 4) is 11.1 Å². The molecule has 0 saturated carbocycles. The first-order chi connectivity index (χ1) is 24.4. The van der Waals surface area contributed by atoms with E-state index in [1.54, 1.807) is 0 Å². The van der Waals surface area contributed by atoms with Crippen LogP contribution in [0.1, 0.15) is 40.3 Å². The third-order valence-corrected chi connectivity index (χ3v) is 10.2. The molecule has 7 aromatic carbocycles. The van der Waals surface area contributed by atoms with Crippen molar-refractivity contribution in [3.63, 3.8) is 0 Å². The summed E-state index contributed by atoms with van der Waals surface area (Å²) in [4.78, 5) is 4.78. The molecule has 1 aliphatic carbocycles. The molecule has 8 rings (SSSR count). The lowest BCUT2D eigenvalue weighted by atomic mass is 9.75. The number of fused-ring (bicyclic) bond motifs is 3. The fraction of sp³-hybridized carbons (Fsp3) is 0.125. The van der Waals surface area contributed by atoms with E-state index in [0.717, 1.165) is 40.5 Å². The summed E-state index contributed by atoms with van der Waals surface area (Å²) >= 11 is 0. The van der Waals surface area contributed by atoms with Gasteiger partial charge in [0.2, 0.25) is 0 Å². The molecule has 0 unspecified atom stereocenters. The zero-order chi connectivity index (χ0) is 34.2. The lowest BCUT2D eigenvalue weighted by Crippen LogP contribution is -2.25. The molecular formula is C48H42N2. The Bertz CT molecular complexity index is 2150. The van der Waals surface area contributed by atoms with E-state index in [9.17, 15) is 0 Å². The van der Waals surface area contributed by atoms with Crippen molar-refractivity contribution in [2.75, 3.05) is 9.80 Å². The van der Waals surface area contributed by atoms with Crippen molar-refractivity contribution >= 4 is 34.1 Å². The van der Waals surface area contributed by atoms with E-state index in [0.29, 0.717) is 0 Å². The van der Waals surface area contributed by atoms with E-state index in [2.05, 4.69) is 207 Å². The van der Waals surface area contributed by atoms with E-state index in [1.807, 2.05) is 0 Å². The first-order valence-corrected chi connectivity index (χ1v) is 17.6. The summed E-state index contributed by atoms with van der Waals surface area (Å²) in [7, 11) is 0. The second-order valence-corrected chi connectivity index (χ2v) is 14.0. The second kappa shape index (κ2) is 12.9. The van der Waals surface area contributed by atoms with Crippen LogP contribution in [0.4, 0.5) is 34.1 Å². The third-order valence-electron chi connectivity index (χ3n) is 10.2. The highest BCUT2D eigenvalue weighted by Gasteiger charge is 2.40. The number of aryl methyl sites for hydroxylation is 3. The Morgan fingerprint density at radius 3 is 1.24 bits per heavy atom. The van der Waals surface area contributed by atoms with E-state index < -0.39 is 0 Å². The van der Waals surface area contributed by atoms with Crippen molar-refractivity contribution in [2.24, 2.45) is 0 Å². The van der Waals surface area contributed by atoms with Gasteiger partial charge in [-0.05, 0) is 139 Å². The first-order valence-electron chi connectivity index (χ1n) is 17.6. The molecule has 244 valence electrons. The molecule has 0 aliphatic heterocycles. The minimum atomic E-state index is -0.268. The molecule has 0 bridgehead atoms. The molecule has 2 heteroatoms. The molecule has 0 spiro atoms. The van der Waals surface area contributed by atoms with Gasteiger partial charge >= 0.3 is 0 Å². The van der Waals surface area contributed by atoms with Crippen LogP contribution in [0.15, 0.2) is 170 Å². The molecule has 0 heterocycles. The molecule has 0 fully saturated rings. The van der Waals surface area contributed by atoms with Crippen molar-refractivity contribution in [3.05, 3.63) is 203 Å². The third kappa shape index (κ3) is 5.77. The molecule has 0 N–H and O–H groups in total. The predicted molar refractivity (Wildman–Crippen MR) is 212 cm³/mol. The molecule has 0 saturated heterocycles. The quantitative estimate of drug-likeness (QED) is 0.162. The van der Waals surface area contributed by atoms with Gasteiger partial charge in [0.1, 0.15) is 0 Å². The molecular weight excluding hydrogens is 605 g/mol. The van der Waals surface area contributed by atoms with Crippen molar-refractivity contribution in [1.82, 2.24) is 0 Å². The van der Waals surface area contributed by atoms with Crippen LogP contribution < -0.4 is 9.80 Å². The zero-order valence-electron chi connectivity index (χ0n) is 29.3. The minimum absolute atomic E-state index is 0.268. The highest BCUT2D eigenvalue weighted by Crippen LogP contribution is 2.54. The van der Waals surface area contributed by atoms with E-state index in [4.69, 9.17) is 0 Å². The molecule has 7 aromatic rings. The van der Waals surface area contributed by atoms with Gasteiger partial charge in [0.15, 0.2) is 0 Å². The maximum atomic E-state index is 2.45. The van der Waals surface area contributed by atoms with Crippen LogP contribution >= 0.6 is 0 Å². The van der Waals surface area contributed by atoms with Crippen LogP contribution in [0.3, 0.4) is 0 Å². The van der Waals surface area contributed by atoms with Gasteiger partial charge in [0.25, 0.3) is 0 Å². The molecule has 1 aliphatic rings. The number of rotatable bonds is 8. The van der Waals surface area contributed by atoms with Crippen LogP contribution in [0.2, 0.25) is 0 Å². The van der Waals surface area contributed by atoms with Crippen LogP contribution in [-0.4, -0.2) is 0 Å². The molecule has 2 nitrogen and oxygen atoms in total. The fourth-order valence-electron chi connectivity index (χ4n) is 7.76. The van der Waals surface area contributed by atoms with Gasteiger partial charge in [-0.1, -0.05) is 110 Å². The molecule has 50 heavy (non-hydrogen) atoms. The summed E-state index contributed by atoms with van der Waals surface area (Å²) in [5.41, 5.74) is 17.1. The summed E-state index contributed by atoms with van der Waals surface area (Å²) in [5, 5.41) is 0. The summed E-state index contributed by atoms with van der Waals surface area (Å²) in [6, 6.07) is 62.4. The van der Waals surface area contributed by atoms with Gasteiger partial charge in [-0.15, -0.1) is 0 Å². The van der Waals surface area contributed by atoms with Gasteiger partial charge in [0.05, 0.1) is 0 Å². The lowest BCUT2D eigenvalue weighted by molar-refractivity contribution is 0.583. The smallest absolute Gasteiger partial charge is 0.0465 e. The largest absolute Gasteiger partial charge is 0.310 e. The first kappa shape index (κ1) is 31.4. The number of hydrogen-bond acceptors (Lipinski definition) is 2. The molecule has 0 radical (unpaired) electrons. The zero-order valence-corrected chi connectivity index (χ0v) is 29.3. The summed E-state index contributed by atoms with van der Waals surface area (Å²) in [6.07, 6.45) is 0.895. The van der Waals surface area contributed by atoms with E-state index in [-0.39, 0.29) is 5.41 Å². The number of para-hydroxylation sites is 2. The predicted octanol–water partition coefficient (Wildman–Crippen LogP) is 13.1. The average molecular weight is 647 g/mol. The Hall–Kier alpha value is -5.86. The topological polar surface area (TPSA) is 6.48 Å². The van der Waals surface area contributed by atoms with Crippen molar-refractivity contribution in [2.45, 2.75) is 39.5 Å². The van der Waals surface area contributed by atoms with Crippen LogP contribution in [-0.2, 0) is 11.8 Å². The minimum Gasteiger partial charge on any atom is -0.310 e. The molecule has 0 aromatic heterocycles. The van der Waals surface area contributed by atoms with Gasteiger partial charge in [-0.3, -0.25) is 0 Å². The highest BCUT2D eigenvalue weighted by atomic mass is 15.1. The van der Waals surface area contributed by atoms with E-state index in [1.165, 1.54) is 44.5 Å². The van der Waals surface area contributed by atoms with Crippen molar-refractivity contribution in [1.29, 1.82) is 0 Å². The normalized spacial score (nSPS) is 12.6. The summed E-state index contributed by atoms with van der Waals surface area (Å²) in [6.45, 7) is 8.94. The monoisotopic (exact) mass is 646 g/mol. The van der Waals surface area contributed by atoms with E-state index >= 15 is 0 Å². The standard InChI is InChI=1S/C48H42N2/c1-34-21-23-37(24-22-34)33-48(4)46-31-42(49(38-15-7-5-8-16-38)40-19-11-13-35(2)29-40)25-27-44(46)45-28-26-43(32-47(45)48)50(39-17-9-6-10-18-39)41-20-12-14-36(3)30-41/h5-32H,33H2,1-4H3. The van der Waals surface area contributed by atoms with Crippen LogP contribution in [0.25, 0.3) is 11.1 Å². The summed E-state index contributed by atoms with van der Waals surface area (Å²) < 4.78 is 0. The number of benzene rings is 7. The van der Waals surface area contributed by atoms with Crippen LogP contribution in [0.5, 0.6) is 0 Å². The molecule has 0 amide bonds. The van der Waals surface area contributed by atoms with Gasteiger partial charge in [-0.25, -0.2) is 0 Å². The number of anilines is 6. The number of hydrogen-bond donors (Lipinski definition) is 0. The Morgan fingerprint density at radius 2 is 0.800 bits per heavy atom. The number of nitrogens with zero attached hydrogens (tertiary/aromatic N) is 2. The maximum absolute atomic E-state index is 2.45. The highest BCUT2D eigenvalue weighted by molar-refractivity contribution is 5.88. The van der Waals surface area contributed by atoms with Crippen LogP contribution in [0, 0.1) is 20.8 Å².